The second kappa shape index (κ2) is 8.04. The van der Waals surface area contributed by atoms with Crippen LogP contribution < -0.4 is 4.74 Å². The molecule has 0 aliphatic heterocycles. The van der Waals surface area contributed by atoms with Gasteiger partial charge in [0, 0.05) is 28.2 Å². The second-order valence-corrected chi connectivity index (χ2v) is 6.14. The molecule has 116 valence electrons. The predicted octanol–water partition coefficient (Wildman–Crippen LogP) is 5.14. The molecule has 2 nitrogen and oxygen atoms in total. The molecular formula is C19H22O2S. The Morgan fingerprint density at radius 1 is 1.09 bits per heavy atom. The number of thioether (sulfide) groups is 1. The van der Waals surface area contributed by atoms with Crippen LogP contribution in [0.5, 0.6) is 5.75 Å². The minimum atomic E-state index is 0.189. The number of hydrogen-bond acceptors (Lipinski definition) is 3. The molecule has 0 aliphatic rings. The van der Waals surface area contributed by atoms with Gasteiger partial charge < -0.3 is 4.74 Å². The van der Waals surface area contributed by atoms with Crippen LogP contribution in [0.4, 0.5) is 0 Å². The maximum absolute atomic E-state index is 11.6. The van der Waals surface area contributed by atoms with Crippen LogP contribution in [0, 0.1) is 0 Å². The molecule has 0 N–H and O–H groups in total. The molecule has 0 saturated carbocycles. The molecule has 0 atom stereocenters. The summed E-state index contributed by atoms with van der Waals surface area (Å²) in [5, 5.41) is 0. The Morgan fingerprint density at radius 3 is 2.41 bits per heavy atom. The van der Waals surface area contributed by atoms with Crippen molar-refractivity contribution in [3.8, 4) is 5.75 Å². The van der Waals surface area contributed by atoms with Gasteiger partial charge in [0.1, 0.15) is 5.75 Å². The molecule has 22 heavy (non-hydrogen) atoms. The van der Waals surface area contributed by atoms with Gasteiger partial charge in [0.05, 0.1) is 7.11 Å². The molecule has 0 saturated heterocycles. The van der Waals surface area contributed by atoms with E-state index < -0.39 is 0 Å². The van der Waals surface area contributed by atoms with E-state index in [4.69, 9.17) is 4.74 Å². The third kappa shape index (κ3) is 4.14. The molecule has 0 fully saturated rings. The zero-order valence-corrected chi connectivity index (χ0v) is 14.2. The fourth-order valence-corrected chi connectivity index (χ4v) is 3.14. The zero-order valence-electron chi connectivity index (χ0n) is 13.4. The molecule has 0 radical (unpaired) electrons. The highest BCUT2D eigenvalue weighted by Gasteiger charge is 2.06. The van der Waals surface area contributed by atoms with Crippen LogP contribution in [0.2, 0.25) is 0 Å². The summed E-state index contributed by atoms with van der Waals surface area (Å²) >= 11 is 1.76. The fraction of sp³-hybridized carbons (Fsp3) is 0.316. The molecule has 0 unspecified atom stereocenters. The maximum Gasteiger partial charge on any atom is 0.162 e. The molecule has 0 aromatic heterocycles. The van der Waals surface area contributed by atoms with Crippen molar-refractivity contribution >= 4 is 17.5 Å². The Labute approximate surface area is 136 Å². The highest BCUT2D eigenvalue weighted by Crippen LogP contribution is 2.29. The topological polar surface area (TPSA) is 26.3 Å². The zero-order chi connectivity index (χ0) is 15.9. The van der Waals surface area contributed by atoms with E-state index in [1.807, 2.05) is 37.3 Å². The lowest BCUT2D eigenvalue weighted by Gasteiger charge is -2.10. The Balaban J connectivity index is 2.08. The molecule has 2 aromatic rings. The number of hydrogen-bond donors (Lipinski definition) is 0. The first kappa shape index (κ1) is 16.6. The normalized spacial score (nSPS) is 10.5. The van der Waals surface area contributed by atoms with Crippen LogP contribution in [-0.4, -0.2) is 12.9 Å². The van der Waals surface area contributed by atoms with E-state index in [1.165, 1.54) is 11.1 Å². The first-order valence-electron chi connectivity index (χ1n) is 7.59. The lowest BCUT2D eigenvalue weighted by molar-refractivity contribution is 0.0988. The average Bonchev–Trinajstić information content (AvgIpc) is 2.59. The number of carbonyl (C=O) groups excluding carboxylic acids is 1. The average molecular weight is 314 g/mol. The summed E-state index contributed by atoms with van der Waals surface area (Å²) in [5.74, 6) is 1.98. The standard InChI is InChI=1S/C19H22O2S/c1-4-14-6-11-19(21-3)16(12-14)13-22-17-9-7-15(8-10-17)18(20)5-2/h6-12H,4-5,13H2,1-3H3. The van der Waals surface area contributed by atoms with Gasteiger partial charge in [-0.3, -0.25) is 4.79 Å². The van der Waals surface area contributed by atoms with E-state index in [2.05, 4.69) is 19.1 Å². The summed E-state index contributed by atoms with van der Waals surface area (Å²) in [6, 6.07) is 14.2. The molecule has 2 aromatic carbocycles. The third-order valence-corrected chi connectivity index (χ3v) is 4.71. The summed E-state index contributed by atoms with van der Waals surface area (Å²) in [4.78, 5) is 12.8. The van der Waals surface area contributed by atoms with Gasteiger partial charge in [-0.1, -0.05) is 38.1 Å². The lowest BCUT2D eigenvalue weighted by Crippen LogP contribution is -1.95. The first-order chi connectivity index (χ1) is 10.7. The number of carbonyl (C=O) groups is 1. The van der Waals surface area contributed by atoms with Crippen LogP contribution in [0.25, 0.3) is 0 Å². The van der Waals surface area contributed by atoms with Crippen LogP contribution in [0.15, 0.2) is 47.4 Å². The Hall–Kier alpha value is -1.74. The van der Waals surface area contributed by atoms with Gasteiger partial charge in [0.2, 0.25) is 0 Å². The molecule has 0 spiro atoms. The highest BCUT2D eigenvalue weighted by atomic mass is 32.2. The van der Waals surface area contributed by atoms with E-state index in [1.54, 1.807) is 18.9 Å². The number of ketones is 1. The summed E-state index contributed by atoms with van der Waals surface area (Å²) in [5.41, 5.74) is 3.32. The molecule has 2 rings (SSSR count). The summed E-state index contributed by atoms with van der Waals surface area (Å²) in [6.45, 7) is 4.04. The third-order valence-electron chi connectivity index (χ3n) is 3.64. The van der Waals surface area contributed by atoms with Crippen molar-refractivity contribution < 1.29 is 9.53 Å². The van der Waals surface area contributed by atoms with Crippen LogP contribution >= 0.6 is 11.8 Å². The van der Waals surface area contributed by atoms with Gasteiger partial charge in [-0.05, 0) is 30.2 Å². The first-order valence-corrected chi connectivity index (χ1v) is 8.58. The van der Waals surface area contributed by atoms with E-state index in [0.29, 0.717) is 6.42 Å². The maximum atomic E-state index is 11.6. The molecule has 0 aliphatic carbocycles. The van der Waals surface area contributed by atoms with Crippen molar-refractivity contribution in [2.24, 2.45) is 0 Å². The predicted molar refractivity (Wildman–Crippen MR) is 93.0 cm³/mol. The Kier molecular flexibility index (Phi) is 6.08. The molecule has 0 bridgehead atoms. The summed E-state index contributed by atoms with van der Waals surface area (Å²) < 4.78 is 5.44. The van der Waals surface area contributed by atoms with E-state index >= 15 is 0 Å². The summed E-state index contributed by atoms with van der Waals surface area (Å²) in [6.07, 6.45) is 1.57. The largest absolute Gasteiger partial charge is 0.496 e. The monoisotopic (exact) mass is 314 g/mol. The van der Waals surface area contributed by atoms with Crippen molar-refractivity contribution in [3.05, 3.63) is 59.2 Å². The van der Waals surface area contributed by atoms with E-state index in [9.17, 15) is 4.79 Å². The lowest BCUT2D eigenvalue weighted by atomic mass is 10.1. The van der Waals surface area contributed by atoms with E-state index in [0.717, 1.165) is 28.4 Å². The van der Waals surface area contributed by atoms with Crippen LogP contribution in [-0.2, 0) is 12.2 Å². The van der Waals surface area contributed by atoms with Crippen molar-refractivity contribution in [3.63, 3.8) is 0 Å². The highest BCUT2D eigenvalue weighted by molar-refractivity contribution is 7.98. The van der Waals surface area contributed by atoms with Gasteiger partial charge in [-0.2, -0.15) is 0 Å². The number of aryl methyl sites for hydroxylation is 1. The van der Waals surface area contributed by atoms with Gasteiger partial charge >= 0.3 is 0 Å². The van der Waals surface area contributed by atoms with Gasteiger partial charge in [-0.15, -0.1) is 11.8 Å². The fourth-order valence-electron chi connectivity index (χ4n) is 2.27. The number of benzene rings is 2. The summed E-state index contributed by atoms with van der Waals surface area (Å²) in [7, 11) is 1.71. The smallest absolute Gasteiger partial charge is 0.162 e. The van der Waals surface area contributed by atoms with Crippen molar-refractivity contribution in [2.75, 3.05) is 7.11 Å². The molecular weight excluding hydrogens is 292 g/mol. The van der Waals surface area contributed by atoms with Gasteiger partial charge in [0.25, 0.3) is 0 Å². The molecule has 3 heteroatoms. The quantitative estimate of drug-likeness (QED) is 0.522. The van der Waals surface area contributed by atoms with Gasteiger partial charge in [0.15, 0.2) is 5.78 Å². The minimum absolute atomic E-state index is 0.189. The number of ether oxygens (including phenoxy) is 1. The van der Waals surface area contributed by atoms with Crippen LogP contribution in [0.3, 0.4) is 0 Å². The second-order valence-electron chi connectivity index (χ2n) is 5.09. The number of methoxy groups -OCH3 is 1. The van der Waals surface area contributed by atoms with Crippen molar-refractivity contribution in [2.45, 2.75) is 37.3 Å². The molecule has 0 heterocycles. The Morgan fingerprint density at radius 2 is 1.82 bits per heavy atom. The minimum Gasteiger partial charge on any atom is -0.496 e. The Bertz CT molecular complexity index is 632. The van der Waals surface area contributed by atoms with Crippen molar-refractivity contribution in [1.82, 2.24) is 0 Å². The van der Waals surface area contributed by atoms with E-state index in [-0.39, 0.29) is 5.78 Å². The number of rotatable bonds is 7. The number of Topliss-reactive ketones (excluding diaryl/α,β-unsaturated/α-hetero) is 1. The van der Waals surface area contributed by atoms with Gasteiger partial charge in [-0.25, -0.2) is 0 Å². The van der Waals surface area contributed by atoms with Crippen LogP contribution in [0.1, 0.15) is 41.8 Å². The van der Waals surface area contributed by atoms with Crippen molar-refractivity contribution in [1.29, 1.82) is 0 Å². The molecule has 0 amide bonds. The SMILES string of the molecule is CCC(=O)c1ccc(SCc2cc(CC)ccc2OC)cc1.